The number of hydrogen-bond donors (Lipinski definition) is 0. The molecule has 2 heterocycles. The van der Waals surface area contributed by atoms with Gasteiger partial charge in [0.25, 0.3) is 0 Å². The van der Waals surface area contributed by atoms with E-state index >= 15 is 0 Å². The molecule has 2 atom stereocenters. The van der Waals surface area contributed by atoms with Crippen LogP contribution in [0.2, 0.25) is 0 Å². The van der Waals surface area contributed by atoms with Crippen molar-refractivity contribution in [1.82, 2.24) is 9.21 Å². The second kappa shape index (κ2) is 9.19. The predicted molar refractivity (Wildman–Crippen MR) is 153 cm³/mol. The Morgan fingerprint density at radius 2 is 1.39 bits per heavy atom. The molecule has 4 aromatic carbocycles. The highest BCUT2D eigenvalue weighted by Crippen LogP contribution is 2.50. The van der Waals surface area contributed by atoms with E-state index in [2.05, 4.69) is 86.3 Å². The van der Waals surface area contributed by atoms with Gasteiger partial charge in [-0.3, -0.25) is 4.90 Å². The van der Waals surface area contributed by atoms with E-state index in [9.17, 15) is 8.42 Å². The van der Waals surface area contributed by atoms with E-state index in [-0.39, 0.29) is 11.5 Å². The monoisotopic (exact) mass is 522 g/mol. The normalized spacial score (nSPS) is 19.9. The number of fused-ring (bicyclic) bond motifs is 5. The predicted octanol–water partition coefficient (Wildman–Crippen LogP) is 7.22. The molecule has 4 nitrogen and oxygen atoms in total. The molecule has 2 aliphatic heterocycles. The number of benzene rings is 4. The van der Waals surface area contributed by atoms with Gasteiger partial charge in [-0.25, -0.2) is 8.42 Å². The summed E-state index contributed by atoms with van der Waals surface area (Å²) in [6.45, 7) is 9.68. The average Bonchev–Trinajstić information content (AvgIpc) is 3.22. The molecule has 194 valence electrons. The van der Waals surface area contributed by atoms with Crippen LogP contribution in [0.25, 0.3) is 11.1 Å². The number of rotatable bonds is 3. The smallest absolute Gasteiger partial charge is 0.244 e. The molecule has 0 spiro atoms. The van der Waals surface area contributed by atoms with Crippen LogP contribution in [0.15, 0.2) is 102 Å². The molecule has 1 saturated heterocycles. The molecule has 0 aliphatic carbocycles. The Morgan fingerprint density at radius 1 is 0.763 bits per heavy atom. The van der Waals surface area contributed by atoms with Gasteiger partial charge in [-0.2, -0.15) is 4.31 Å². The Balaban J connectivity index is 1.53. The molecule has 6 rings (SSSR count). The largest absolute Gasteiger partial charge is 0.270 e. The molecular weight excluding hydrogens is 488 g/mol. The molecule has 0 bridgehead atoms. The molecule has 1 fully saturated rings. The van der Waals surface area contributed by atoms with Crippen molar-refractivity contribution >= 4 is 10.0 Å². The van der Waals surface area contributed by atoms with Gasteiger partial charge in [0.05, 0.1) is 10.9 Å². The lowest BCUT2D eigenvalue weighted by Crippen LogP contribution is -2.34. The van der Waals surface area contributed by atoms with Crippen LogP contribution in [0, 0.1) is 6.92 Å². The lowest BCUT2D eigenvalue weighted by molar-refractivity contribution is 0.155. The summed E-state index contributed by atoms with van der Waals surface area (Å²) in [5.74, 6) is 0. The summed E-state index contributed by atoms with van der Waals surface area (Å²) in [5.41, 5.74) is 8.02. The Morgan fingerprint density at radius 3 is 2.08 bits per heavy atom. The van der Waals surface area contributed by atoms with Crippen LogP contribution >= 0.6 is 0 Å². The quantitative estimate of drug-likeness (QED) is 0.285. The Kier molecular flexibility index (Phi) is 6.06. The highest BCUT2D eigenvalue weighted by molar-refractivity contribution is 7.89. The van der Waals surface area contributed by atoms with E-state index in [1.807, 2.05) is 31.2 Å². The van der Waals surface area contributed by atoms with Gasteiger partial charge in [-0.1, -0.05) is 111 Å². The minimum absolute atomic E-state index is 0.0536. The molecule has 2 aliphatic rings. The highest BCUT2D eigenvalue weighted by atomic mass is 32.2. The summed E-state index contributed by atoms with van der Waals surface area (Å²) in [6, 6.07) is 32.7. The maximum Gasteiger partial charge on any atom is 0.244 e. The lowest BCUT2D eigenvalue weighted by atomic mass is 9.86. The van der Waals surface area contributed by atoms with E-state index in [0.29, 0.717) is 18.0 Å². The molecular formula is C33H34N2O2S. The molecule has 0 N–H and O–H groups in total. The van der Waals surface area contributed by atoms with E-state index in [0.717, 1.165) is 22.3 Å². The molecule has 0 amide bonds. The first-order chi connectivity index (χ1) is 18.1. The van der Waals surface area contributed by atoms with Crippen molar-refractivity contribution in [3.05, 3.63) is 125 Å². The van der Waals surface area contributed by atoms with Crippen molar-refractivity contribution in [3.8, 4) is 11.1 Å². The standard InChI is InChI=1S/C33H34N2O2S/c1-23-13-19-27(20-14-23)38(36,37)35-22-31(24-15-17-26(18-16-24)33(2,3)4)34-21-25-9-5-6-10-28(25)29-11-7-8-12-30(29)32(34)35/h5-20,31-32H,21-22H2,1-4H3. The zero-order chi connectivity index (χ0) is 26.7. The average molecular weight is 523 g/mol. The summed E-state index contributed by atoms with van der Waals surface area (Å²) < 4.78 is 30.2. The molecule has 38 heavy (non-hydrogen) atoms. The molecule has 5 heteroatoms. The number of aryl methyl sites for hydroxylation is 1. The van der Waals surface area contributed by atoms with E-state index in [4.69, 9.17) is 0 Å². The third kappa shape index (κ3) is 4.19. The fourth-order valence-corrected chi connectivity index (χ4v) is 7.49. The van der Waals surface area contributed by atoms with Crippen molar-refractivity contribution in [2.75, 3.05) is 6.54 Å². The highest BCUT2D eigenvalue weighted by Gasteiger charge is 2.48. The van der Waals surface area contributed by atoms with Crippen molar-refractivity contribution in [2.45, 2.75) is 56.8 Å². The van der Waals surface area contributed by atoms with Crippen molar-refractivity contribution in [3.63, 3.8) is 0 Å². The van der Waals surface area contributed by atoms with Crippen LogP contribution < -0.4 is 0 Å². The first kappa shape index (κ1) is 25.1. The maximum atomic E-state index is 14.3. The first-order valence-corrected chi connectivity index (χ1v) is 14.7. The van der Waals surface area contributed by atoms with Crippen LogP contribution in [-0.2, 0) is 22.0 Å². The van der Waals surface area contributed by atoms with Crippen molar-refractivity contribution in [2.24, 2.45) is 0 Å². The zero-order valence-electron chi connectivity index (χ0n) is 22.4. The molecule has 0 radical (unpaired) electrons. The van der Waals surface area contributed by atoms with Crippen LogP contribution in [-0.4, -0.2) is 24.2 Å². The summed E-state index contributed by atoms with van der Waals surface area (Å²) >= 11 is 0. The lowest BCUT2D eigenvalue weighted by Gasteiger charge is -2.31. The second-order valence-electron chi connectivity index (χ2n) is 11.6. The zero-order valence-corrected chi connectivity index (χ0v) is 23.2. The third-order valence-electron chi connectivity index (χ3n) is 8.03. The van der Waals surface area contributed by atoms with E-state index in [1.165, 1.54) is 16.7 Å². The number of sulfonamides is 1. The minimum Gasteiger partial charge on any atom is -0.270 e. The van der Waals surface area contributed by atoms with Gasteiger partial charge in [0, 0.05) is 13.1 Å². The molecule has 4 aromatic rings. The molecule has 0 aromatic heterocycles. The van der Waals surface area contributed by atoms with Gasteiger partial charge in [0.1, 0.15) is 6.17 Å². The second-order valence-corrected chi connectivity index (χ2v) is 13.5. The fraction of sp³-hybridized carbons (Fsp3) is 0.273. The van der Waals surface area contributed by atoms with Gasteiger partial charge in [0.2, 0.25) is 10.0 Å². The summed E-state index contributed by atoms with van der Waals surface area (Å²) in [4.78, 5) is 2.72. The Labute approximate surface area is 226 Å². The van der Waals surface area contributed by atoms with Crippen LogP contribution in [0.1, 0.15) is 60.8 Å². The number of hydrogen-bond acceptors (Lipinski definition) is 3. The number of nitrogens with zero attached hydrogens (tertiary/aromatic N) is 2. The topological polar surface area (TPSA) is 40.6 Å². The van der Waals surface area contributed by atoms with Crippen LogP contribution in [0.5, 0.6) is 0 Å². The Hall–Kier alpha value is -3.25. The first-order valence-electron chi connectivity index (χ1n) is 13.3. The van der Waals surface area contributed by atoms with E-state index in [1.54, 1.807) is 16.4 Å². The van der Waals surface area contributed by atoms with Gasteiger partial charge < -0.3 is 0 Å². The fourth-order valence-electron chi connectivity index (χ4n) is 5.90. The van der Waals surface area contributed by atoms with Gasteiger partial charge >= 0.3 is 0 Å². The maximum absolute atomic E-state index is 14.3. The summed E-state index contributed by atoms with van der Waals surface area (Å²) in [5, 5.41) is 0. The van der Waals surface area contributed by atoms with Crippen LogP contribution in [0.3, 0.4) is 0 Å². The molecule has 0 saturated carbocycles. The van der Waals surface area contributed by atoms with Crippen molar-refractivity contribution < 1.29 is 8.42 Å². The molecule has 2 unspecified atom stereocenters. The van der Waals surface area contributed by atoms with Gasteiger partial charge in [-0.05, 0) is 57.9 Å². The summed E-state index contributed by atoms with van der Waals surface area (Å²) in [6.07, 6.45) is -0.405. The Bertz CT molecular complexity index is 1590. The van der Waals surface area contributed by atoms with Gasteiger partial charge in [-0.15, -0.1) is 0 Å². The van der Waals surface area contributed by atoms with Gasteiger partial charge in [0.15, 0.2) is 0 Å². The summed E-state index contributed by atoms with van der Waals surface area (Å²) in [7, 11) is -3.75. The van der Waals surface area contributed by atoms with E-state index < -0.39 is 16.2 Å². The third-order valence-corrected chi connectivity index (χ3v) is 9.86. The van der Waals surface area contributed by atoms with Crippen LogP contribution in [0.4, 0.5) is 0 Å². The van der Waals surface area contributed by atoms with Crippen molar-refractivity contribution in [1.29, 1.82) is 0 Å². The SMILES string of the molecule is Cc1ccc(S(=O)(=O)N2CC(c3ccc(C(C)(C)C)cc3)N3Cc4ccccc4-c4ccccc4C32)cc1. The minimum atomic E-state index is -3.75.